The number of benzene rings is 1. The van der Waals surface area contributed by atoms with Crippen LogP contribution < -0.4 is 5.32 Å². The molecule has 122 valence electrons. The predicted molar refractivity (Wildman–Crippen MR) is 87.6 cm³/mol. The number of carbonyl (C=O) groups excluding carboxylic acids is 2. The first-order chi connectivity index (χ1) is 10.4. The molecule has 0 radical (unpaired) electrons. The van der Waals surface area contributed by atoms with Crippen LogP contribution in [0.15, 0.2) is 24.3 Å². The van der Waals surface area contributed by atoms with Gasteiger partial charge in [-0.2, -0.15) is 0 Å². The van der Waals surface area contributed by atoms with Crippen molar-refractivity contribution in [1.29, 1.82) is 0 Å². The molecule has 0 aliphatic rings. The number of nitrogens with one attached hydrogen (secondary N) is 1. The van der Waals surface area contributed by atoms with E-state index in [9.17, 15) is 9.59 Å². The lowest BCUT2D eigenvalue weighted by Gasteiger charge is -2.27. The molecule has 22 heavy (non-hydrogen) atoms. The number of aryl methyl sites for hydroxylation is 2. The standard InChI is InChI=1S/C18H27NO3/c1-5-13-18(3,17(21)22-4)19-16(20)12-11-15-9-7-14(6-2)8-10-15/h7-10H,5-6,11-13H2,1-4H3,(H,19,20). The van der Waals surface area contributed by atoms with Crippen LogP contribution in [0.5, 0.6) is 0 Å². The number of carbonyl (C=O) groups is 2. The van der Waals surface area contributed by atoms with E-state index in [4.69, 9.17) is 4.74 Å². The maximum atomic E-state index is 12.1. The van der Waals surface area contributed by atoms with Gasteiger partial charge in [-0.1, -0.05) is 44.5 Å². The molecule has 0 aliphatic carbocycles. The number of rotatable bonds is 8. The Kier molecular flexibility index (Phi) is 7.09. The number of amides is 1. The zero-order valence-corrected chi connectivity index (χ0v) is 14.1. The number of methoxy groups -OCH3 is 1. The summed E-state index contributed by atoms with van der Waals surface area (Å²) in [5.41, 5.74) is 1.48. The highest BCUT2D eigenvalue weighted by molar-refractivity contribution is 5.87. The molecule has 1 amide bonds. The van der Waals surface area contributed by atoms with E-state index in [1.807, 2.05) is 6.92 Å². The first-order valence-corrected chi connectivity index (χ1v) is 7.92. The molecular weight excluding hydrogens is 278 g/mol. The largest absolute Gasteiger partial charge is 0.467 e. The Bertz CT molecular complexity index is 496. The summed E-state index contributed by atoms with van der Waals surface area (Å²) in [5, 5.41) is 2.82. The van der Waals surface area contributed by atoms with E-state index >= 15 is 0 Å². The van der Waals surface area contributed by atoms with Crippen molar-refractivity contribution < 1.29 is 14.3 Å². The van der Waals surface area contributed by atoms with Gasteiger partial charge in [0.1, 0.15) is 5.54 Å². The minimum atomic E-state index is -0.938. The molecule has 1 rings (SSSR count). The van der Waals surface area contributed by atoms with Crippen LogP contribution in [0.3, 0.4) is 0 Å². The van der Waals surface area contributed by atoms with Gasteiger partial charge < -0.3 is 10.1 Å². The maximum Gasteiger partial charge on any atom is 0.331 e. The van der Waals surface area contributed by atoms with Gasteiger partial charge in [0.05, 0.1) is 7.11 Å². The normalized spacial score (nSPS) is 13.3. The molecule has 0 aromatic heterocycles. The fourth-order valence-corrected chi connectivity index (χ4v) is 2.51. The van der Waals surface area contributed by atoms with Gasteiger partial charge >= 0.3 is 5.97 Å². The molecule has 1 unspecified atom stereocenters. The second-order valence-corrected chi connectivity index (χ2v) is 5.79. The van der Waals surface area contributed by atoms with Crippen LogP contribution >= 0.6 is 0 Å². The van der Waals surface area contributed by atoms with Crippen LogP contribution in [0.1, 0.15) is 51.2 Å². The molecule has 0 aliphatic heterocycles. The van der Waals surface area contributed by atoms with Gasteiger partial charge in [-0.25, -0.2) is 4.79 Å². The fourth-order valence-electron chi connectivity index (χ4n) is 2.51. The van der Waals surface area contributed by atoms with Gasteiger partial charge in [0, 0.05) is 6.42 Å². The third-order valence-corrected chi connectivity index (χ3v) is 3.87. The zero-order valence-electron chi connectivity index (χ0n) is 14.1. The van der Waals surface area contributed by atoms with Crippen LogP contribution in [-0.2, 0) is 27.2 Å². The summed E-state index contributed by atoms with van der Waals surface area (Å²) in [6.45, 7) is 5.81. The van der Waals surface area contributed by atoms with E-state index in [-0.39, 0.29) is 5.91 Å². The van der Waals surface area contributed by atoms with Gasteiger partial charge in [-0.15, -0.1) is 0 Å². The molecule has 4 heteroatoms. The summed E-state index contributed by atoms with van der Waals surface area (Å²) in [6, 6.07) is 8.28. The van der Waals surface area contributed by atoms with Crippen LogP contribution in [0, 0.1) is 0 Å². The molecule has 0 heterocycles. The predicted octanol–water partition coefficient (Wildman–Crippen LogP) is 3.03. The SMILES string of the molecule is CCCC(C)(NC(=O)CCc1ccc(CC)cc1)C(=O)OC. The Morgan fingerprint density at radius 2 is 1.73 bits per heavy atom. The Morgan fingerprint density at radius 1 is 1.14 bits per heavy atom. The van der Waals surface area contributed by atoms with Crippen LogP contribution in [-0.4, -0.2) is 24.5 Å². The third-order valence-electron chi connectivity index (χ3n) is 3.87. The smallest absolute Gasteiger partial charge is 0.331 e. The average molecular weight is 305 g/mol. The molecule has 1 N–H and O–H groups in total. The average Bonchev–Trinajstić information content (AvgIpc) is 2.52. The van der Waals surface area contributed by atoms with E-state index in [0.29, 0.717) is 19.3 Å². The molecule has 0 bridgehead atoms. The summed E-state index contributed by atoms with van der Waals surface area (Å²) < 4.78 is 4.80. The number of ether oxygens (including phenoxy) is 1. The maximum absolute atomic E-state index is 12.1. The molecule has 1 aromatic carbocycles. The minimum absolute atomic E-state index is 0.124. The van der Waals surface area contributed by atoms with Gasteiger partial charge in [-0.3, -0.25) is 4.79 Å². The number of hydrogen-bond acceptors (Lipinski definition) is 3. The van der Waals surface area contributed by atoms with Gasteiger partial charge in [0.25, 0.3) is 0 Å². The van der Waals surface area contributed by atoms with Crippen molar-refractivity contribution in [2.24, 2.45) is 0 Å². The Hall–Kier alpha value is -1.84. The lowest BCUT2D eigenvalue weighted by molar-refractivity contribution is -0.150. The van der Waals surface area contributed by atoms with Crippen molar-refractivity contribution in [3.8, 4) is 0 Å². The lowest BCUT2D eigenvalue weighted by Crippen LogP contribution is -2.52. The van der Waals surface area contributed by atoms with Crippen molar-refractivity contribution in [3.63, 3.8) is 0 Å². The van der Waals surface area contributed by atoms with E-state index in [0.717, 1.165) is 18.4 Å². The second kappa shape index (κ2) is 8.57. The topological polar surface area (TPSA) is 55.4 Å². The first-order valence-electron chi connectivity index (χ1n) is 7.92. The van der Waals surface area contributed by atoms with E-state index in [1.165, 1.54) is 12.7 Å². The zero-order chi connectivity index (χ0) is 16.6. The molecule has 4 nitrogen and oxygen atoms in total. The van der Waals surface area contributed by atoms with Crippen LogP contribution in [0.2, 0.25) is 0 Å². The Labute approximate surface area is 133 Å². The van der Waals surface area contributed by atoms with Crippen molar-refractivity contribution in [2.75, 3.05) is 7.11 Å². The summed E-state index contributed by atoms with van der Waals surface area (Å²) in [4.78, 5) is 24.0. The van der Waals surface area contributed by atoms with Crippen molar-refractivity contribution in [3.05, 3.63) is 35.4 Å². The summed E-state index contributed by atoms with van der Waals surface area (Å²) in [5.74, 6) is -0.518. The number of hydrogen-bond donors (Lipinski definition) is 1. The molecule has 0 spiro atoms. The lowest BCUT2D eigenvalue weighted by atomic mass is 9.95. The second-order valence-electron chi connectivity index (χ2n) is 5.79. The van der Waals surface area contributed by atoms with Gasteiger partial charge in [-0.05, 0) is 37.3 Å². The van der Waals surface area contributed by atoms with E-state index < -0.39 is 11.5 Å². The van der Waals surface area contributed by atoms with Crippen LogP contribution in [0.25, 0.3) is 0 Å². The molecule has 0 fully saturated rings. The highest BCUT2D eigenvalue weighted by atomic mass is 16.5. The van der Waals surface area contributed by atoms with Crippen molar-refractivity contribution >= 4 is 11.9 Å². The Morgan fingerprint density at radius 3 is 2.23 bits per heavy atom. The third kappa shape index (κ3) is 5.17. The van der Waals surface area contributed by atoms with Gasteiger partial charge in [0.2, 0.25) is 5.91 Å². The highest BCUT2D eigenvalue weighted by Gasteiger charge is 2.34. The van der Waals surface area contributed by atoms with Crippen LogP contribution in [0.4, 0.5) is 0 Å². The minimum Gasteiger partial charge on any atom is -0.467 e. The summed E-state index contributed by atoms with van der Waals surface area (Å²) >= 11 is 0. The highest BCUT2D eigenvalue weighted by Crippen LogP contribution is 2.15. The molecular formula is C18H27NO3. The van der Waals surface area contributed by atoms with E-state index in [2.05, 4.69) is 36.5 Å². The van der Waals surface area contributed by atoms with E-state index in [1.54, 1.807) is 6.92 Å². The first kappa shape index (κ1) is 18.2. The summed E-state index contributed by atoms with van der Waals surface area (Å²) in [7, 11) is 1.34. The molecule has 1 aromatic rings. The Balaban J connectivity index is 2.58. The monoisotopic (exact) mass is 305 g/mol. The van der Waals surface area contributed by atoms with Crippen molar-refractivity contribution in [2.45, 2.75) is 58.4 Å². The fraction of sp³-hybridized carbons (Fsp3) is 0.556. The number of esters is 1. The van der Waals surface area contributed by atoms with Crippen molar-refractivity contribution in [1.82, 2.24) is 5.32 Å². The molecule has 0 saturated carbocycles. The quantitative estimate of drug-likeness (QED) is 0.751. The summed E-state index contributed by atoms with van der Waals surface area (Å²) in [6.07, 6.45) is 3.40. The molecule has 0 saturated heterocycles. The molecule has 1 atom stereocenters. The van der Waals surface area contributed by atoms with Gasteiger partial charge in [0.15, 0.2) is 0 Å².